The van der Waals surface area contributed by atoms with E-state index >= 15 is 0 Å². The first-order valence-electron chi connectivity index (χ1n) is 9.58. The second kappa shape index (κ2) is 7.16. The molecule has 3 aromatic rings. The number of benzene rings is 2. The molecule has 1 aliphatic heterocycles. The summed E-state index contributed by atoms with van der Waals surface area (Å²) in [5.74, 6) is 0.924. The van der Waals surface area contributed by atoms with E-state index in [2.05, 4.69) is 65.9 Å². The molecule has 0 bridgehead atoms. The van der Waals surface area contributed by atoms with Gasteiger partial charge in [0.2, 0.25) is 0 Å². The molecule has 3 nitrogen and oxygen atoms in total. The Balaban J connectivity index is 1.70. The molecular formula is C23H28N2O. The zero-order valence-corrected chi connectivity index (χ0v) is 16.1. The van der Waals surface area contributed by atoms with Gasteiger partial charge in [-0.1, -0.05) is 23.8 Å². The van der Waals surface area contributed by atoms with Crippen molar-refractivity contribution in [3.8, 4) is 5.75 Å². The quantitative estimate of drug-likeness (QED) is 0.687. The van der Waals surface area contributed by atoms with Crippen LogP contribution in [-0.4, -0.2) is 30.2 Å². The van der Waals surface area contributed by atoms with E-state index in [0.717, 1.165) is 25.3 Å². The highest BCUT2D eigenvalue weighted by Gasteiger charge is 2.20. The molecule has 0 unspecified atom stereocenters. The summed E-state index contributed by atoms with van der Waals surface area (Å²) in [4.78, 5) is 2.46. The second-order valence-electron chi connectivity index (χ2n) is 7.54. The third kappa shape index (κ3) is 3.24. The van der Waals surface area contributed by atoms with Crippen molar-refractivity contribution in [1.29, 1.82) is 0 Å². The molecule has 0 radical (unpaired) electrons. The molecule has 26 heavy (non-hydrogen) atoms. The first-order chi connectivity index (χ1) is 12.7. The molecule has 0 N–H and O–H groups in total. The number of aromatic nitrogens is 1. The lowest BCUT2D eigenvalue weighted by atomic mass is 10.1. The highest BCUT2D eigenvalue weighted by molar-refractivity contribution is 5.86. The van der Waals surface area contributed by atoms with Crippen molar-refractivity contribution in [2.24, 2.45) is 0 Å². The van der Waals surface area contributed by atoms with Gasteiger partial charge in [-0.25, -0.2) is 0 Å². The minimum absolute atomic E-state index is 0.924. The van der Waals surface area contributed by atoms with Crippen LogP contribution >= 0.6 is 0 Å². The van der Waals surface area contributed by atoms with Crippen molar-refractivity contribution < 1.29 is 4.74 Å². The number of hydrogen-bond donors (Lipinski definition) is 0. The molecule has 4 rings (SSSR count). The van der Waals surface area contributed by atoms with Gasteiger partial charge in [0.25, 0.3) is 0 Å². The van der Waals surface area contributed by atoms with Gasteiger partial charge in [-0.15, -0.1) is 0 Å². The summed E-state index contributed by atoms with van der Waals surface area (Å²) in [7, 11) is 3.96. The number of rotatable bonds is 4. The zero-order valence-electron chi connectivity index (χ0n) is 16.1. The van der Waals surface area contributed by atoms with Gasteiger partial charge in [0.15, 0.2) is 0 Å². The largest absolute Gasteiger partial charge is 0.497 e. The standard InChI is InChI=1S/C23H28N2O/c1-17-6-11-23-20(15-17)21-16-24(2)13-4-5-22(21)25(23)14-12-18-7-9-19(26-3)10-8-18/h6-11,15H,4-5,12-14,16H2,1-3H3. The van der Waals surface area contributed by atoms with Crippen LogP contribution in [0.25, 0.3) is 10.9 Å². The van der Waals surface area contributed by atoms with Gasteiger partial charge in [0, 0.05) is 29.7 Å². The summed E-state index contributed by atoms with van der Waals surface area (Å²) in [6.07, 6.45) is 3.46. The Bertz CT molecular complexity index is 908. The lowest BCUT2D eigenvalue weighted by Crippen LogP contribution is -2.17. The maximum atomic E-state index is 5.28. The van der Waals surface area contributed by atoms with E-state index in [1.54, 1.807) is 18.4 Å². The SMILES string of the molecule is COc1ccc(CCn2c3c(c4cc(C)ccc42)CN(C)CCC3)cc1. The van der Waals surface area contributed by atoms with E-state index in [-0.39, 0.29) is 0 Å². The fraction of sp³-hybridized carbons (Fsp3) is 0.391. The minimum atomic E-state index is 0.924. The van der Waals surface area contributed by atoms with E-state index in [0.29, 0.717) is 0 Å². The average Bonchev–Trinajstić information content (AvgIpc) is 2.79. The smallest absolute Gasteiger partial charge is 0.118 e. The van der Waals surface area contributed by atoms with Gasteiger partial charge in [0.05, 0.1) is 7.11 Å². The van der Waals surface area contributed by atoms with E-state index in [1.807, 2.05) is 0 Å². The Kier molecular flexibility index (Phi) is 4.73. The topological polar surface area (TPSA) is 17.4 Å². The Morgan fingerprint density at radius 3 is 2.65 bits per heavy atom. The molecule has 0 atom stereocenters. The van der Waals surface area contributed by atoms with E-state index in [4.69, 9.17) is 4.74 Å². The maximum Gasteiger partial charge on any atom is 0.118 e. The Hall–Kier alpha value is -2.26. The van der Waals surface area contributed by atoms with Crippen molar-refractivity contribution >= 4 is 10.9 Å². The molecule has 3 heteroatoms. The first kappa shape index (κ1) is 17.2. The molecule has 0 aliphatic carbocycles. The van der Waals surface area contributed by atoms with Gasteiger partial charge < -0.3 is 14.2 Å². The van der Waals surface area contributed by atoms with Crippen molar-refractivity contribution in [2.45, 2.75) is 39.3 Å². The van der Waals surface area contributed by atoms with Crippen molar-refractivity contribution in [1.82, 2.24) is 9.47 Å². The van der Waals surface area contributed by atoms with Crippen molar-refractivity contribution in [2.75, 3.05) is 20.7 Å². The zero-order chi connectivity index (χ0) is 18.1. The number of methoxy groups -OCH3 is 1. The molecule has 0 saturated carbocycles. The predicted molar refractivity (Wildman–Crippen MR) is 108 cm³/mol. The Morgan fingerprint density at radius 1 is 1.08 bits per heavy atom. The molecule has 0 amide bonds. The number of ether oxygens (including phenoxy) is 1. The third-order valence-corrected chi connectivity index (χ3v) is 5.61. The summed E-state index contributed by atoms with van der Waals surface area (Å²) in [6, 6.07) is 15.4. The fourth-order valence-corrected chi connectivity index (χ4v) is 4.21. The fourth-order valence-electron chi connectivity index (χ4n) is 4.21. The van der Waals surface area contributed by atoms with Crippen LogP contribution in [0.2, 0.25) is 0 Å². The normalized spacial score (nSPS) is 15.0. The van der Waals surface area contributed by atoms with Crippen LogP contribution in [0.3, 0.4) is 0 Å². The summed E-state index contributed by atoms with van der Waals surface area (Å²) in [5, 5.41) is 1.45. The summed E-state index contributed by atoms with van der Waals surface area (Å²) >= 11 is 0. The second-order valence-corrected chi connectivity index (χ2v) is 7.54. The van der Waals surface area contributed by atoms with Crippen LogP contribution in [0.5, 0.6) is 5.75 Å². The molecule has 136 valence electrons. The molecule has 0 saturated heterocycles. The molecule has 1 aromatic heterocycles. The molecular weight excluding hydrogens is 320 g/mol. The highest BCUT2D eigenvalue weighted by Crippen LogP contribution is 2.31. The molecule has 2 aromatic carbocycles. The van der Waals surface area contributed by atoms with Gasteiger partial charge in [0.1, 0.15) is 5.75 Å². The lowest BCUT2D eigenvalue weighted by Gasteiger charge is -2.12. The average molecular weight is 348 g/mol. The summed E-state index contributed by atoms with van der Waals surface area (Å²) in [5.41, 5.74) is 7.19. The number of aryl methyl sites for hydroxylation is 3. The third-order valence-electron chi connectivity index (χ3n) is 5.61. The van der Waals surface area contributed by atoms with Gasteiger partial charge in [-0.05, 0) is 75.2 Å². The molecule has 0 fully saturated rings. The minimum Gasteiger partial charge on any atom is -0.497 e. The number of hydrogen-bond acceptors (Lipinski definition) is 2. The lowest BCUT2D eigenvalue weighted by molar-refractivity contribution is 0.333. The van der Waals surface area contributed by atoms with Crippen LogP contribution in [-0.2, 0) is 25.9 Å². The Morgan fingerprint density at radius 2 is 1.88 bits per heavy atom. The van der Waals surface area contributed by atoms with Gasteiger partial charge in [-0.3, -0.25) is 0 Å². The van der Waals surface area contributed by atoms with E-state index in [9.17, 15) is 0 Å². The predicted octanol–water partition coefficient (Wildman–Crippen LogP) is 4.58. The van der Waals surface area contributed by atoms with Crippen molar-refractivity contribution in [3.05, 3.63) is 64.8 Å². The van der Waals surface area contributed by atoms with Crippen LogP contribution in [0.4, 0.5) is 0 Å². The van der Waals surface area contributed by atoms with Crippen LogP contribution in [0.1, 0.15) is 28.8 Å². The van der Waals surface area contributed by atoms with Crippen LogP contribution in [0.15, 0.2) is 42.5 Å². The number of fused-ring (bicyclic) bond motifs is 3. The van der Waals surface area contributed by atoms with Crippen LogP contribution < -0.4 is 4.74 Å². The van der Waals surface area contributed by atoms with Gasteiger partial charge >= 0.3 is 0 Å². The van der Waals surface area contributed by atoms with Gasteiger partial charge in [-0.2, -0.15) is 0 Å². The molecule has 2 heterocycles. The molecule has 1 aliphatic rings. The Labute approximate surface area is 156 Å². The summed E-state index contributed by atoms with van der Waals surface area (Å²) in [6.45, 7) is 5.47. The highest BCUT2D eigenvalue weighted by atomic mass is 16.5. The first-order valence-corrected chi connectivity index (χ1v) is 9.58. The molecule has 0 spiro atoms. The van der Waals surface area contributed by atoms with Crippen LogP contribution in [0, 0.1) is 6.92 Å². The van der Waals surface area contributed by atoms with E-state index in [1.165, 1.54) is 41.4 Å². The maximum absolute atomic E-state index is 5.28. The van der Waals surface area contributed by atoms with E-state index < -0.39 is 0 Å². The number of nitrogens with zero attached hydrogens (tertiary/aromatic N) is 2. The monoisotopic (exact) mass is 348 g/mol. The summed E-state index contributed by atoms with van der Waals surface area (Å²) < 4.78 is 7.85. The van der Waals surface area contributed by atoms with Crippen molar-refractivity contribution in [3.63, 3.8) is 0 Å².